The molecule has 0 radical (unpaired) electrons. The Morgan fingerprint density at radius 3 is 2.67 bits per heavy atom. The van der Waals surface area contributed by atoms with Crippen LogP contribution in [0.3, 0.4) is 0 Å². The van der Waals surface area contributed by atoms with Crippen molar-refractivity contribution in [1.82, 2.24) is 30.1 Å². The molecule has 1 saturated carbocycles. The normalized spacial score (nSPS) is 15.1. The van der Waals surface area contributed by atoms with E-state index in [0.717, 1.165) is 36.2 Å². The standard InChI is InChI=1S/C26H32N6O4/c1-4-22(25-28-29-30-32(25)16-20-10-7-11-36-20)31(19-8-5-6-9-19)15-18-12-17-13-23(34-2)24(35-3)14-21(17)27-26(18)33/h7,10-14,19,22H,4-6,8-9,15-16H2,1-3H3,(H,27,33)/t22-/m1/s1. The molecule has 10 nitrogen and oxygen atoms in total. The quantitative estimate of drug-likeness (QED) is 0.353. The third-order valence-corrected chi connectivity index (χ3v) is 7.10. The minimum atomic E-state index is -0.109. The molecule has 0 saturated heterocycles. The van der Waals surface area contributed by atoms with Crippen LogP contribution in [0, 0.1) is 0 Å². The van der Waals surface area contributed by atoms with E-state index in [-0.39, 0.29) is 11.6 Å². The van der Waals surface area contributed by atoms with Gasteiger partial charge in [-0.15, -0.1) is 5.10 Å². The van der Waals surface area contributed by atoms with Crippen molar-refractivity contribution >= 4 is 10.9 Å². The number of furan rings is 1. The second-order valence-electron chi connectivity index (χ2n) is 9.23. The number of H-pyrrole nitrogens is 1. The molecule has 0 spiro atoms. The number of ether oxygens (including phenoxy) is 2. The number of nitrogens with zero attached hydrogens (tertiary/aromatic N) is 5. The SMILES string of the molecule is CC[C@H](c1nnnn1Cc1ccco1)N(Cc1cc2cc(OC)c(OC)cc2[nH]c1=O)C1CCCC1. The molecule has 1 aliphatic rings. The summed E-state index contributed by atoms with van der Waals surface area (Å²) in [6.45, 7) is 3.10. The molecule has 0 unspecified atom stereocenters. The number of hydrogen-bond acceptors (Lipinski definition) is 8. The lowest BCUT2D eigenvalue weighted by Crippen LogP contribution is -2.39. The number of aromatic nitrogens is 5. The summed E-state index contributed by atoms with van der Waals surface area (Å²) in [6.07, 6.45) is 7.00. The fourth-order valence-electron chi connectivity index (χ4n) is 5.30. The Bertz CT molecular complexity index is 1360. The topological polar surface area (TPSA) is 111 Å². The van der Waals surface area contributed by atoms with Crippen molar-refractivity contribution in [3.63, 3.8) is 0 Å². The molecule has 4 aromatic rings. The van der Waals surface area contributed by atoms with Crippen molar-refractivity contribution in [2.75, 3.05) is 14.2 Å². The third kappa shape index (κ3) is 4.73. The van der Waals surface area contributed by atoms with Gasteiger partial charge in [-0.2, -0.15) is 0 Å². The van der Waals surface area contributed by atoms with Crippen LogP contribution in [0.15, 0.2) is 45.8 Å². The first-order chi connectivity index (χ1) is 17.6. The first-order valence-electron chi connectivity index (χ1n) is 12.4. The van der Waals surface area contributed by atoms with Gasteiger partial charge in [0.25, 0.3) is 5.56 Å². The zero-order chi connectivity index (χ0) is 25.1. The minimum Gasteiger partial charge on any atom is -0.493 e. The average Bonchev–Trinajstić information content (AvgIpc) is 3.68. The van der Waals surface area contributed by atoms with E-state index in [1.807, 2.05) is 24.3 Å². The monoisotopic (exact) mass is 492 g/mol. The summed E-state index contributed by atoms with van der Waals surface area (Å²) in [6, 6.07) is 9.73. The summed E-state index contributed by atoms with van der Waals surface area (Å²) in [5.74, 6) is 2.78. The molecule has 3 aromatic heterocycles. The highest BCUT2D eigenvalue weighted by molar-refractivity contribution is 5.83. The van der Waals surface area contributed by atoms with Crippen molar-refractivity contribution in [2.24, 2.45) is 0 Å². The maximum Gasteiger partial charge on any atom is 0.252 e. The highest BCUT2D eigenvalue weighted by atomic mass is 16.5. The first-order valence-corrected chi connectivity index (χ1v) is 12.4. The van der Waals surface area contributed by atoms with E-state index in [0.29, 0.717) is 41.7 Å². The molecule has 1 aromatic carbocycles. The Labute approximate surface area is 209 Å². The molecule has 1 N–H and O–H groups in total. The molecule has 0 aliphatic heterocycles. The number of aromatic amines is 1. The van der Waals surface area contributed by atoms with Gasteiger partial charge >= 0.3 is 0 Å². The van der Waals surface area contributed by atoms with Gasteiger partial charge in [-0.05, 0) is 54.0 Å². The molecule has 190 valence electrons. The van der Waals surface area contributed by atoms with E-state index in [9.17, 15) is 4.79 Å². The van der Waals surface area contributed by atoms with Crippen LogP contribution in [0.4, 0.5) is 0 Å². The Balaban J connectivity index is 1.51. The Hall–Kier alpha value is -3.66. The predicted octanol–water partition coefficient (Wildman–Crippen LogP) is 4.07. The van der Waals surface area contributed by atoms with Crippen LogP contribution in [0.5, 0.6) is 11.5 Å². The largest absolute Gasteiger partial charge is 0.493 e. The Kier molecular flexibility index (Phi) is 7.04. The zero-order valence-electron chi connectivity index (χ0n) is 20.9. The summed E-state index contributed by atoms with van der Waals surface area (Å²) >= 11 is 0. The van der Waals surface area contributed by atoms with Gasteiger partial charge in [0.2, 0.25) is 0 Å². The smallest absolute Gasteiger partial charge is 0.252 e. The number of fused-ring (bicyclic) bond motifs is 1. The van der Waals surface area contributed by atoms with E-state index in [1.54, 1.807) is 31.2 Å². The summed E-state index contributed by atoms with van der Waals surface area (Å²) in [4.78, 5) is 18.6. The van der Waals surface area contributed by atoms with Crippen LogP contribution in [0.1, 0.15) is 62.2 Å². The van der Waals surface area contributed by atoms with Crippen molar-refractivity contribution in [1.29, 1.82) is 0 Å². The molecule has 3 heterocycles. The summed E-state index contributed by atoms with van der Waals surface area (Å²) < 4.78 is 18.2. The predicted molar refractivity (Wildman–Crippen MR) is 134 cm³/mol. The molecular formula is C26H32N6O4. The van der Waals surface area contributed by atoms with Crippen molar-refractivity contribution in [2.45, 2.75) is 64.2 Å². The zero-order valence-corrected chi connectivity index (χ0v) is 20.9. The number of pyridine rings is 1. The average molecular weight is 493 g/mol. The van der Waals surface area contributed by atoms with Crippen LogP contribution >= 0.6 is 0 Å². The fraction of sp³-hybridized carbons (Fsp3) is 0.462. The molecule has 36 heavy (non-hydrogen) atoms. The van der Waals surface area contributed by atoms with Gasteiger partial charge in [0, 0.05) is 29.6 Å². The number of benzene rings is 1. The first kappa shape index (κ1) is 24.1. The van der Waals surface area contributed by atoms with Gasteiger partial charge < -0.3 is 18.9 Å². The number of hydrogen-bond donors (Lipinski definition) is 1. The van der Waals surface area contributed by atoms with Crippen LogP contribution < -0.4 is 15.0 Å². The number of nitrogens with one attached hydrogen (secondary N) is 1. The molecule has 1 aliphatic carbocycles. The second-order valence-corrected chi connectivity index (χ2v) is 9.23. The molecule has 0 bridgehead atoms. The van der Waals surface area contributed by atoms with Gasteiger partial charge in [0.1, 0.15) is 12.3 Å². The van der Waals surface area contributed by atoms with Gasteiger partial charge in [-0.3, -0.25) is 9.69 Å². The van der Waals surface area contributed by atoms with Crippen molar-refractivity contribution in [3.05, 3.63) is 64.1 Å². The maximum absolute atomic E-state index is 13.2. The van der Waals surface area contributed by atoms with Crippen LogP contribution in [0.2, 0.25) is 0 Å². The molecular weight excluding hydrogens is 460 g/mol. The van der Waals surface area contributed by atoms with E-state index in [2.05, 4.69) is 32.3 Å². The minimum absolute atomic E-state index is 0.0430. The number of tetrazole rings is 1. The van der Waals surface area contributed by atoms with Crippen LogP contribution in [-0.2, 0) is 13.1 Å². The van der Waals surface area contributed by atoms with Gasteiger partial charge in [0.15, 0.2) is 17.3 Å². The summed E-state index contributed by atoms with van der Waals surface area (Å²) in [5, 5.41) is 13.5. The molecule has 0 amide bonds. The molecule has 10 heteroatoms. The summed E-state index contributed by atoms with van der Waals surface area (Å²) in [5.41, 5.74) is 1.30. The fourth-order valence-corrected chi connectivity index (χ4v) is 5.30. The van der Waals surface area contributed by atoms with Gasteiger partial charge in [0.05, 0.1) is 32.0 Å². The van der Waals surface area contributed by atoms with E-state index < -0.39 is 0 Å². The third-order valence-electron chi connectivity index (χ3n) is 7.10. The van der Waals surface area contributed by atoms with Crippen molar-refractivity contribution in [3.8, 4) is 11.5 Å². The van der Waals surface area contributed by atoms with Crippen molar-refractivity contribution < 1.29 is 13.9 Å². The lowest BCUT2D eigenvalue weighted by Gasteiger charge is -2.35. The molecule has 5 rings (SSSR count). The Morgan fingerprint density at radius 1 is 1.19 bits per heavy atom. The second kappa shape index (κ2) is 10.5. The lowest BCUT2D eigenvalue weighted by molar-refractivity contribution is 0.112. The highest BCUT2D eigenvalue weighted by Crippen LogP contribution is 2.35. The summed E-state index contributed by atoms with van der Waals surface area (Å²) in [7, 11) is 3.19. The van der Waals surface area contributed by atoms with Crippen LogP contribution in [-0.4, -0.2) is 50.4 Å². The van der Waals surface area contributed by atoms with E-state index in [1.165, 1.54) is 12.8 Å². The van der Waals surface area contributed by atoms with Crippen LogP contribution in [0.25, 0.3) is 10.9 Å². The van der Waals surface area contributed by atoms with E-state index >= 15 is 0 Å². The Morgan fingerprint density at radius 2 is 1.97 bits per heavy atom. The lowest BCUT2D eigenvalue weighted by atomic mass is 10.0. The van der Waals surface area contributed by atoms with Gasteiger partial charge in [-0.1, -0.05) is 19.8 Å². The maximum atomic E-state index is 13.2. The molecule has 1 atom stereocenters. The molecule has 1 fully saturated rings. The number of methoxy groups -OCH3 is 2. The number of rotatable bonds is 10. The van der Waals surface area contributed by atoms with Gasteiger partial charge in [-0.25, -0.2) is 4.68 Å². The van der Waals surface area contributed by atoms with E-state index in [4.69, 9.17) is 13.9 Å². The highest BCUT2D eigenvalue weighted by Gasteiger charge is 2.33.